The van der Waals surface area contributed by atoms with Gasteiger partial charge in [0, 0.05) is 17.0 Å². The van der Waals surface area contributed by atoms with Crippen LogP contribution < -0.4 is 15.8 Å². The minimum atomic E-state index is -4.46. The second kappa shape index (κ2) is 7.64. The predicted octanol–water partition coefficient (Wildman–Crippen LogP) is 4.37. The number of hydrogen-bond acceptors (Lipinski definition) is 3. The van der Waals surface area contributed by atoms with Crippen LogP contribution in [0.1, 0.15) is 32.1 Å². The number of anilines is 1. The van der Waals surface area contributed by atoms with Crippen molar-refractivity contribution < 1.29 is 22.7 Å². The molecule has 1 aromatic rings. The third kappa shape index (κ3) is 4.62. The lowest BCUT2D eigenvalue weighted by atomic mass is 9.65. The second-order valence-electron chi connectivity index (χ2n) is 7.23. The summed E-state index contributed by atoms with van der Waals surface area (Å²) in [7, 11) is 0. The highest BCUT2D eigenvalue weighted by Crippen LogP contribution is 2.42. The number of rotatable bonds is 4. The van der Waals surface area contributed by atoms with E-state index in [4.69, 9.17) is 22.1 Å². The van der Waals surface area contributed by atoms with Crippen molar-refractivity contribution in [3.63, 3.8) is 0 Å². The number of carbonyl (C=O) groups excluding carboxylic acids is 1. The molecule has 2 aliphatic rings. The van der Waals surface area contributed by atoms with Crippen molar-refractivity contribution in [1.29, 1.82) is 0 Å². The molecule has 2 atom stereocenters. The van der Waals surface area contributed by atoms with E-state index in [0.717, 1.165) is 19.3 Å². The number of nitrogens with one attached hydrogen (secondary N) is 1. The molecule has 2 bridgehead atoms. The van der Waals surface area contributed by atoms with E-state index in [1.165, 1.54) is 18.2 Å². The van der Waals surface area contributed by atoms with Crippen molar-refractivity contribution in [2.24, 2.45) is 23.5 Å². The number of fused-ring (bicyclic) bond motifs is 2. The normalized spacial score (nSPS) is 28.5. The summed E-state index contributed by atoms with van der Waals surface area (Å²) in [6.07, 6.45) is 0.154. The summed E-state index contributed by atoms with van der Waals surface area (Å²) in [5.41, 5.74) is 6.41. The summed E-state index contributed by atoms with van der Waals surface area (Å²) >= 11 is 5.93. The fraction of sp³-hybridized carbons (Fsp3) is 0.611. The van der Waals surface area contributed by atoms with E-state index in [1.54, 1.807) is 0 Å². The Hall–Kier alpha value is -1.47. The van der Waals surface area contributed by atoms with Gasteiger partial charge in [-0.15, -0.1) is 0 Å². The number of hydrogen-bond donors (Lipinski definition) is 2. The van der Waals surface area contributed by atoms with Gasteiger partial charge in [0.25, 0.3) is 0 Å². The van der Waals surface area contributed by atoms with Gasteiger partial charge in [-0.2, -0.15) is 13.2 Å². The third-order valence-corrected chi connectivity index (χ3v) is 5.61. The molecule has 0 aliphatic heterocycles. The summed E-state index contributed by atoms with van der Waals surface area (Å²) in [6, 6.07) is 4.30. The lowest BCUT2D eigenvalue weighted by Gasteiger charge is -2.43. The summed E-state index contributed by atoms with van der Waals surface area (Å²) in [6.45, 7) is -1.43. The average molecular weight is 391 g/mol. The van der Waals surface area contributed by atoms with Gasteiger partial charge in [0.15, 0.2) is 6.61 Å². The topological polar surface area (TPSA) is 64.4 Å². The van der Waals surface area contributed by atoms with Gasteiger partial charge < -0.3 is 15.8 Å². The number of nitrogens with two attached hydrogens (primary N) is 1. The standard InChI is InChI=1S/C18H22ClF3N2O2/c19-13-4-5-15(26-9-18(20,21)22)14(8-13)24-17(25)12-6-10-2-1-3-11(7-12)16(10)23/h4-5,8,10-12,16H,1-3,6-7,9,23H2,(H,24,25). The second-order valence-corrected chi connectivity index (χ2v) is 7.67. The summed E-state index contributed by atoms with van der Waals surface area (Å²) in [5.74, 6) is 0.206. The molecule has 1 amide bonds. The van der Waals surface area contributed by atoms with Crippen molar-refractivity contribution in [2.75, 3.05) is 11.9 Å². The Morgan fingerprint density at radius 1 is 1.27 bits per heavy atom. The van der Waals surface area contributed by atoms with Gasteiger partial charge in [0.1, 0.15) is 5.75 Å². The molecule has 0 aromatic heterocycles. The highest BCUT2D eigenvalue weighted by atomic mass is 35.5. The predicted molar refractivity (Wildman–Crippen MR) is 93.2 cm³/mol. The largest absolute Gasteiger partial charge is 0.482 e. The molecule has 0 spiro atoms. The van der Waals surface area contributed by atoms with Crippen LogP contribution in [0.3, 0.4) is 0 Å². The van der Waals surface area contributed by atoms with E-state index in [2.05, 4.69) is 5.32 Å². The van der Waals surface area contributed by atoms with Crippen molar-refractivity contribution in [2.45, 2.75) is 44.3 Å². The van der Waals surface area contributed by atoms with Crippen LogP contribution >= 0.6 is 11.6 Å². The lowest BCUT2D eigenvalue weighted by Crippen LogP contribution is -2.48. The van der Waals surface area contributed by atoms with Crippen LogP contribution in [0.25, 0.3) is 0 Å². The molecule has 4 nitrogen and oxygen atoms in total. The fourth-order valence-electron chi connectivity index (χ4n) is 4.12. The van der Waals surface area contributed by atoms with Crippen LogP contribution in [0.2, 0.25) is 5.02 Å². The number of carbonyl (C=O) groups is 1. The highest BCUT2D eigenvalue weighted by molar-refractivity contribution is 6.31. The summed E-state index contributed by atoms with van der Waals surface area (Å²) in [4.78, 5) is 12.7. The first-order valence-electron chi connectivity index (χ1n) is 8.78. The maximum absolute atomic E-state index is 12.7. The average Bonchev–Trinajstić information content (AvgIpc) is 2.53. The number of amides is 1. The van der Waals surface area contributed by atoms with Gasteiger partial charge in [-0.3, -0.25) is 4.79 Å². The fourth-order valence-corrected chi connectivity index (χ4v) is 4.30. The molecule has 2 aliphatic carbocycles. The first-order chi connectivity index (χ1) is 12.2. The van der Waals surface area contributed by atoms with Crippen molar-refractivity contribution >= 4 is 23.2 Å². The van der Waals surface area contributed by atoms with Gasteiger partial charge in [0.05, 0.1) is 5.69 Å². The molecule has 2 saturated carbocycles. The minimum absolute atomic E-state index is 0.0484. The van der Waals surface area contributed by atoms with E-state index in [0.29, 0.717) is 29.7 Å². The SMILES string of the molecule is NC1C2CCCC1CC(C(=O)Nc1cc(Cl)ccc1OCC(F)(F)F)C2. The maximum atomic E-state index is 12.7. The van der Waals surface area contributed by atoms with Crippen LogP contribution in [0.5, 0.6) is 5.75 Å². The molecule has 3 rings (SSSR count). The molecule has 2 unspecified atom stereocenters. The van der Waals surface area contributed by atoms with E-state index in [9.17, 15) is 18.0 Å². The van der Waals surface area contributed by atoms with Crippen molar-refractivity contribution in [3.05, 3.63) is 23.2 Å². The number of ether oxygens (including phenoxy) is 1. The van der Waals surface area contributed by atoms with Crippen molar-refractivity contribution in [3.8, 4) is 5.75 Å². The Kier molecular flexibility index (Phi) is 5.67. The Bertz CT molecular complexity index is 654. The molecule has 8 heteroatoms. The molecule has 0 radical (unpaired) electrons. The van der Waals surface area contributed by atoms with E-state index in [-0.39, 0.29) is 29.3 Å². The van der Waals surface area contributed by atoms with E-state index >= 15 is 0 Å². The van der Waals surface area contributed by atoms with E-state index in [1.807, 2.05) is 0 Å². The van der Waals surface area contributed by atoms with E-state index < -0.39 is 12.8 Å². The zero-order valence-electron chi connectivity index (χ0n) is 14.2. The number of benzene rings is 1. The Labute approximate surface area is 155 Å². The van der Waals surface area contributed by atoms with Gasteiger partial charge >= 0.3 is 6.18 Å². The monoisotopic (exact) mass is 390 g/mol. The Morgan fingerprint density at radius 3 is 2.54 bits per heavy atom. The molecule has 3 N–H and O–H groups in total. The van der Waals surface area contributed by atoms with Crippen LogP contribution in [-0.4, -0.2) is 24.7 Å². The van der Waals surface area contributed by atoms with Gasteiger partial charge in [-0.25, -0.2) is 0 Å². The lowest BCUT2D eigenvalue weighted by molar-refractivity contribution is -0.153. The molecule has 0 saturated heterocycles. The number of alkyl halides is 3. The maximum Gasteiger partial charge on any atom is 0.422 e. The quantitative estimate of drug-likeness (QED) is 0.802. The van der Waals surface area contributed by atoms with Crippen LogP contribution in [0.4, 0.5) is 18.9 Å². The van der Waals surface area contributed by atoms with Crippen LogP contribution in [0, 0.1) is 17.8 Å². The third-order valence-electron chi connectivity index (χ3n) is 5.37. The van der Waals surface area contributed by atoms with Crippen LogP contribution in [0.15, 0.2) is 18.2 Å². The molecular weight excluding hydrogens is 369 g/mol. The van der Waals surface area contributed by atoms with Crippen molar-refractivity contribution in [1.82, 2.24) is 0 Å². The Balaban J connectivity index is 1.70. The summed E-state index contributed by atoms with van der Waals surface area (Å²) < 4.78 is 42.1. The first-order valence-corrected chi connectivity index (χ1v) is 9.16. The van der Waals surface area contributed by atoms with Gasteiger partial charge in [-0.1, -0.05) is 18.0 Å². The van der Waals surface area contributed by atoms with Gasteiger partial charge in [-0.05, 0) is 55.7 Å². The Morgan fingerprint density at radius 2 is 1.92 bits per heavy atom. The highest BCUT2D eigenvalue weighted by Gasteiger charge is 2.40. The van der Waals surface area contributed by atoms with Gasteiger partial charge in [0.2, 0.25) is 5.91 Å². The molecule has 144 valence electrons. The molecule has 0 heterocycles. The summed E-state index contributed by atoms with van der Waals surface area (Å²) in [5, 5.41) is 3.01. The zero-order chi connectivity index (χ0) is 18.9. The first kappa shape index (κ1) is 19.3. The van der Waals surface area contributed by atoms with Crippen LogP contribution in [-0.2, 0) is 4.79 Å². The molecule has 1 aromatic carbocycles. The molecule has 2 fully saturated rings. The molecule has 26 heavy (non-hydrogen) atoms. The zero-order valence-corrected chi connectivity index (χ0v) is 14.9. The minimum Gasteiger partial charge on any atom is -0.482 e. The molecular formula is C18H22ClF3N2O2. The smallest absolute Gasteiger partial charge is 0.422 e. The number of halogens is 4.